The lowest BCUT2D eigenvalue weighted by Gasteiger charge is -2.02. The van der Waals surface area contributed by atoms with E-state index in [1.165, 1.54) is 30.5 Å². The molecule has 0 fully saturated rings. The molecule has 7 nitrogen and oxygen atoms in total. The number of aromatic carboxylic acids is 1. The van der Waals surface area contributed by atoms with Crippen molar-refractivity contribution in [2.75, 3.05) is 0 Å². The van der Waals surface area contributed by atoms with Crippen LogP contribution in [0.25, 0.3) is 11.3 Å². The van der Waals surface area contributed by atoms with E-state index < -0.39 is 11.9 Å². The standard InChI is InChI=1S/C19H13ClN2O5/c20-15-7-5-11(9-14(15)19(25)26)17-8-6-12(27-17)10-21-22-18(24)13-3-1-2-4-16(13)23/h1-10,23H,(H,22,24)(H,25,26)/b21-10-. The third kappa shape index (κ3) is 4.16. The highest BCUT2D eigenvalue weighted by molar-refractivity contribution is 6.33. The molecule has 3 aromatic rings. The molecule has 1 amide bonds. The second-order valence-electron chi connectivity index (χ2n) is 5.42. The van der Waals surface area contributed by atoms with Gasteiger partial charge in [-0.05, 0) is 42.5 Å². The molecule has 8 heteroatoms. The first kappa shape index (κ1) is 18.2. The van der Waals surface area contributed by atoms with Gasteiger partial charge in [0, 0.05) is 5.56 Å². The number of hydrogen-bond acceptors (Lipinski definition) is 5. The molecule has 27 heavy (non-hydrogen) atoms. The van der Waals surface area contributed by atoms with E-state index in [1.54, 1.807) is 30.3 Å². The molecule has 1 heterocycles. The summed E-state index contributed by atoms with van der Waals surface area (Å²) in [6.07, 6.45) is 1.29. The van der Waals surface area contributed by atoms with Crippen molar-refractivity contribution in [3.63, 3.8) is 0 Å². The summed E-state index contributed by atoms with van der Waals surface area (Å²) in [7, 11) is 0. The van der Waals surface area contributed by atoms with Crippen molar-refractivity contribution in [3.05, 3.63) is 76.5 Å². The van der Waals surface area contributed by atoms with Crippen molar-refractivity contribution < 1.29 is 24.2 Å². The van der Waals surface area contributed by atoms with Crippen molar-refractivity contribution in [3.8, 4) is 17.1 Å². The number of carbonyl (C=O) groups excluding carboxylic acids is 1. The van der Waals surface area contributed by atoms with Crippen LogP contribution in [0.15, 0.2) is 64.1 Å². The lowest BCUT2D eigenvalue weighted by molar-refractivity contribution is 0.0696. The fourth-order valence-electron chi connectivity index (χ4n) is 2.30. The summed E-state index contributed by atoms with van der Waals surface area (Å²) in [5.41, 5.74) is 2.88. The Morgan fingerprint density at radius 1 is 1.07 bits per heavy atom. The van der Waals surface area contributed by atoms with Crippen LogP contribution in [0, 0.1) is 0 Å². The number of hydrazone groups is 1. The average Bonchev–Trinajstić information content (AvgIpc) is 3.11. The topological polar surface area (TPSA) is 112 Å². The molecule has 0 aliphatic rings. The van der Waals surface area contributed by atoms with E-state index in [4.69, 9.17) is 21.1 Å². The molecule has 0 spiro atoms. The van der Waals surface area contributed by atoms with E-state index in [2.05, 4.69) is 10.5 Å². The number of carboxylic acids is 1. The molecule has 0 aliphatic heterocycles. The number of para-hydroxylation sites is 1. The molecular formula is C19H13ClN2O5. The molecule has 1 aromatic heterocycles. The molecule has 3 N–H and O–H groups in total. The number of nitrogens with one attached hydrogen (secondary N) is 1. The van der Waals surface area contributed by atoms with Gasteiger partial charge in [0.1, 0.15) is 17.3 Å². The zero-order valence-corrected chi connectivity index (χ0v) is 14.5. The molecule has 0 unspecified atom stereocenters. The molecule has 0 atom stereocenters. The summed E-state index contributed by atoms with van der Waals surface area (Å²) in [4.78, 5) is 23.1. The van der Waals surface area contributed by atoms with E-state index in [0.29, 0.717) is 17.1 Å². The second-order valence-corrected chi connectivity index (χ2v) is 5.83. The number of aromatic hydroxyl groups is 1. The van der Waals surface area contributed by atoms with Crippen molar-refractivity contribution in [2.45, 2.75) is 0 Å². The molecule has 0 saturated carbocycles. The number of phenolic OH excluding ortho intramolecular Hbond substituents is 1. The Kier molecular flexibility index (Phi) is 5.23. The number of hydrogen-bond donors (Lipinski definition) is 3. The van der Waals surface area contributed by atoms with Crippen LogP contribution < -0.4 is 5.43 Å². The number of nitrogens with zero attached hydrogens (tertiary/aromatic N) is 1. The van der Waals surface area contributed by atoms with E-state index in [9.17, 15) is 14.7 Å². The van der Waals surface area contributed by atoms with Gasteiger partial charge >= 0.3 is 5.97 Å². The Bertz CT molecular complexity index is 1040. The Morgan fingerprint density at radius 2 is 1.85 bits per heavy atom. The van der Waals surface area contributed by atoms with Gasteiger partial charge in [-0.1, -0.05) is 23.7 Å². The van der Waals surface area contributed by atoms with Gasteiger partial charge < -0.3 is 14.6 Å². The Balaban J connectivity index is 1.72. The minimum atomic E-state index is -1.14. The fraction of sp³-hybridized carbons (Fsp3) is 0. The maximum Gasteiger partial charge on any atom is 0.337 e. The Hall–Kier alpha value is -3.58. The van der Waals surface area contributed by atoms with Crippen LogP contribution in [0.3, 0.4) is 0 Å². The van der Waals surface area contributed by atoms with Crippen LogP contribution in [0.1, 0.15) is 26.5 Å². The monoisotopic (exact) mass is 384 g/mol. The first-order valence-electron chi connectivity index (χ1n) is 7.70. The molecule has 0 bridgehead atoms. The third-order valence-corrected chi connectivity index (χ3v) is 3.94. The maximum absolute atomic E-state index is 11.9. The number of rotatable bonds is 5. The van der Waals surface area contributed by atoms with Crippen LogP contribution in [-0.2, 0) is 0 Å². The van der Waals surface area contributed by atoms with E-state index in [1.807, 2.05) is 0 Å². The number of phenols is 1. The second kappa shape index (κ2) is 7.76. The minimum absolute atomic E-state index is 0.0317. The van der Waals surface area contributed by atoms with Gasteiger partial charge in [-0.25, -0.2) is 10.2 Å². The van der Waals surface area contributed by atoms with Crippen LogP contribution >= 0.6 is 11.6 Å². The molecule has 0 radical (unpaired) electrons. The number of halogens is 1. The molecule has 0 aliphatic carbocycles. The molecule has 136 valence electrons. The fourth-order valence-corrected chi connectivity index (χ4v) is 2.50. The predicted octanol–water partition coefficient (Wildman–Crippen LogP) is 3.77. The van der Waals surface area contributed by atoms with Crippen molar-refractivity contribution in [1.29, 1.82) is 0 Å². The summed E-state index contributed by atoms with van der Waals surface area (Å²) >= 11 is 5.85. The quantitative estimate of drug-likeness (QED) is 0.458. The first-order valence-corrected chi connectivity index (χ1v) is 8.08. The van der Waals surface area contributed by atoms with Gasteiger partial charge in [0.05, 0.1) is 22.4 Å². The lowest BCUT2D eigenvalue weighted by Crippen LogP contribution is -2.17. The summed E-state index contributed by atoms with van der Waals surface area (Å²) in [6, 6.07) is 13.9. The molecule has 0 saturated heterocycles. The number of carbonyl (C=O) groups is 2. The van der Waals surface area contributed by atoms with Crippen molar-refractivity contribution in [1.82, 2.24) is 5.43 Å². The molecular weight excluding hydrogens is 372 g/mol. The van der Waals surface area contributed by atoms with E-state index in [-0.39, 0.29) is 21.9 Å². The molecule has 3 rings (SSSR count). The van der Waals surface area contributed by atoms with Gasteiger partial charge in [0.15, 0.2) is 0 Å². The van der Waals surface area contributed by atoms with Crippen molar-refractivity contribution in [2.24, 2.45) is 5.10 Å². The summed E-state index contributed by atoms with van der Waals surface area (Å²) in [5, 5.41) is 22.7. The minimum Gasteiger partial charge on any atom is -0.507 e. The van der Waals surface area contributed by atoms with Gasteiger partial charge in [0.25, 0.3) is 5.91 Å². The first-order chi connectivity index (χ1) is 13.0. The lowest BCUT2D eigenvalue weighted by atomic mass is 10.1. The van der Waals surface area contributed by atoms with Crippen LogP contribution in [0.4, 0.5) is 0 Å². The van der Waals surface area contributed by atoms with Crippen LogP contribution in [0.5, 0.6) is 5.75 Å². The summed E-state index contributed by atoms with van der Waals surface area (Å²) in [6.45, 7) is 0. The zero-order valence-electron chi connectivity index (χ0n) is 13.7. The Labute approximate surface area is 158 Å². The number of furan rings is 1. The highest BCUT2D eigenvalue weighted by atomic mass is 35.5. The highest BCUT2D eigenvalue weighted by Crippen LogP contribution is 2.26. The van der Waals surface area contributed by atoms with Gasteiger partial charge in [-0.15, -0.1) is 0 Å². The van der Waals surface area contributed by atoms with Crippen LogP contribution in [-0.4, -0.2) is 28.3 Å². The summed E-state index contributed by atoms with van der Waals surface area (Å²) in [5.74, 6) is -1.10. The number of amides is 1. The maximum atomic E-state index is 11.9. The number of carboxylic acid groups (broad SMARTS) is 1. The Morgan fingerprint density at radius 3 is 2.59 bits per heavy atom. The van der Waals surface area contributed by atoms with Gasteiger partial charge in [-0.2, -0.15) is 5.10 Å². The SMILES string of the molecule is O=C(N/N=C\c1ccc(-c2ccc(Cl)c(C(=O)O)c2)o1)c1ccccc1O. The highest BCUT2D eigenvalue weighted by Gasteiger charge is 2.12. The number of benzene rings is 2. The van der Waals surface area contributed by atoms with Crippen molar-refractivity contribution >= 4 is 29.7 Å². The smallest absolute Gasteiger partial charge is 0.337 e. The largest absolute Gasteiger partial charge is 0.507 e. The van der Waals surface area contributed by atoms with Gasteiger partial charge in [-0.3, -0.25) is 4.79 Å². The third-order valence-electron chi connectivity index (χ3n) is 3.61. The average molecular weight is 385 g/mol. The van der Waals surface area contributed by atoms with E-state index >= 15 is 0 Å². The van der Waals surface area contributed by atoms with E-state index in [0.717, 1.165) is 0 Å². The van der Waals surface area contributed by atoms with Crippen LogP contribution in [0.2, 0.25) is 5.02 Å². The summed E-state index contributed by atoms with van der Waals surface area (Å²) < 4.78 is 5.57. The predicted molar refractivity (Wildman–Crippen MR) is 99.3 cm³/mol. The zero-order chi connectivity index (χ0) is 19.4. The van der Waals surface area contributed by atoms with Gasteiger partial charge in [0.2, 0.25) is 0 Å². The molecule has 2 aromatic carbocycles. The normalized spacial score (nSPS) is 10.9.